The second-order valence-corrected chi connectivity index (χ2v) is 5.55. The lowest BCUT2D eigenvalue weighted by Gasteiger charge is -2.07. The molecule has 25 heavy (non-hydrogen) atoms. The van der Waals surface area contributed by atoms with Gasteiger partial charge >= 0.3 is 0 Å². The molecule has 5 heteroatoms. The summed E-state index contributed by atoms with van der Waals surface area (Å²) in [6.45, 7) is 0. The van der Waals surface area contributed by atoms with E-state index in [1.54, 1.807) is 14.2 Å². The van der Waals surface area contributed by atoms with Crippen LogP contribution >= 0.6 is 0 Å². The minimum atomic E-state index is 0.482. The van der Waals surface area contributed by atoms with Crippen LogP contribution < -0.4 is 9.47 Å². The summed E-state index contributed by atoms with van der Waals surface area (Å²) in [5, 5.41) is 6.39. The lowest BCUT2D eigenvalue weighted by molar-refractivity contribution is 0.355. The van der Waals surface area contributed by atoms with Gasteiger partial charge in [-0.3, -0.25) is 0 Å². The molecule has 0 unspecified atom stereocenters. The quantitative estimate of drug-likeness (QED) is 0.548. The topological polar surface area (TPSA) is 57.4 Å². The van der Waals surface area contributed by atoms with Crippen LogP contribution in [0.1, 0.15) is 0 Å². The van der Waals surface area contributed by atoms with E-state index in [2.05, 4.69) is 22.3 Å². The van der Waals surface area contributed by atoms with Gasteiger partial charge in [0.15, 0.2) is 11.5 Å². The highest BCUT2D eigenvalue weighted by Gasteiger charge is 2.13. The van der Waals surface area contributed by atoms with Crippen molar-refractivity contribution in [2.24, 2.45) is 0 Å². The Bertz CT molecular complexity index is 1040. The fourth-order valence-corrected chi connectivity index (χ4v) is 2.76. The van der Waals surface area contributed by atoms with Gasteiger partial charge < -0.3 is 14.0 Å². The number of hydrogen-bond donors (Lipinski definition) is 0. The highest BCUT2D eigenvalue weighted by atomic mass is 16.5. The molecular weight excluding hydrogens is 316 g/mol. The summed E-state index contributed by atoms with van der Waals surface area (Å²) in [4.78, 5) is 4.51. The molecule has 4 aromatic rings. The Hall–Kier alpha value is -3.34. The summed E-state index contributed by atoms with van der Waals surface area (Å²) >= 11 is 0. The summed E-state index contributed by atoms with van der Waals surface area (Å²) in [7, 11) is 3.20. The van der Waals surface area contributed by atoms with Gasteiger partial charge in [0, 0.05) is 11.1 Å². The predicted molar refractivity (Wildman–Crippen MR) is 95.8 cm³/mol. The molecule has 0 amide bonds. The van der Waals surface area contributed by atoms with Crippen LogP contribution in [0.5, 0.6) is 11.5 Å². The zero-order valence-corrected chi connectivity index (χ0v) is 13.9. The van der Waals surface area contributed by atoms with E-state index >= 15 is 0 Å². The molecule has 1 heterocycles. The molecule has 124 valence electrons. The highest BCUT2D eigenvalue weighted by Crippen LogP contribution is 2.32. The van der Waals surface area contributed by atoms with Crippen molar-refractivity contribution in [1.29, 1.82) is 0 Å². The van der Waals surface area contributed by atoms with Crippen LogP contribution in [0.4, 0.5) is 0 Å². The number of fused-ring (bicyclic) bond motifs is 1. The first-order valence-electron chi connectivity index (χ1n) is 7.84. The Labute approximate surface area is 144 Å². The molecule has 0 spiro atoms. The van der Waals surface area contributed by atoms with Gasteiger partial charge in [-0.15, -0.1) is 0 Å². The van der Waals surface area contributed by atoms with Crippen molar-refractivity contribution in [3.8, 4) is 34.3 Å². The Morgan fingerprint density at radius 1 is 0.760 bits per heavy atom. The standard InChI is InChI=1S/C20H16N2O3/c1-23-17-10-9-15(12-18(17)24-2)19-21-20(25-22-19)16-8-7-13-5-3-4-6-14(13)11-16/h3-12H,1-2H3. The van der Waals surface area contributed by atoms with Gasteiger partial charge in [0.25, 0.3) is 5.89 Å². The minimum absolute atomic E-state index is 0.482. The highest BCUT2D eigenvalue weighted by molar-refractivity contribution is 5.86. The minimum Gasteiger partial charge on any atom is -0.493 e. The van der Waals surface area contributed by atoms with Crippen LogP contribution in [-0.2, 0) is 0 Å². The number of nitrogens with zero attached hydrogens (tertiary/aromatic N) is 2. The number of rotatable bonds is 4. The Morgan fingerprint density at radius 3 is 2.32 bits per heavy atom. The van der Waals surface area contributed by atoms with Gasteiger partial charge in [-0.05, 0) is 41.1 Å². The van der Waals surface area contributed by atoms with Gasteiger partial charge in [0.2, 0.25) is 5.82 Å². The maximum atomic E-state index is 5.45. The van der Waals surface area contributed by atoms with E-state index in [4.69, 9.17) is 14.0 Å². The predicted octanol–water partition coefficient (Wildman–Crippen LogP) is 4.57. The summed E-state index contributed by atoms with van der Waals surface area (Å²) in [6, 6.07) is 19.7. The van der Waals surface area contributed by atoms with Crippen molar-refractivity contribution in [3.05, 3.63) is 60.7 Å². The number of aromatic nitrogens is 2. The van der Waals surface area contributed by atoms with Crippen molar-refractivity contribution in [1.82, 2.24) is 10.1 Å². The molecule has 0 bridgehead atoms. The van der Waals surface area contributed by atoms with Crippen LogP contribution in [0.2, 0.25) is 0 Å². The normalized spacial score (nSPS) is 10.8. The zero-order valence-electron chi connectivity index (χ0n) is 13.9. The van der Waals surface area contributed by atoms with Gasteiger partial charge in [-0.1, -0.05) is 35.5 Å². The van der Waals surface area contributed by atoms with E-state index in [1.165, 1.54) is 5.39 Å². The van der Waals surface area contributed by atoms with E-state index in [-0.39, 0.29) is 0 Å². The molecule has 0 saturated heterocycles. The third-order valence-corrected chi connectivity index (χ3v) is 4.06. The number of hydrogen-bond acceptors (Lipinski definition) is 5. The van der Waals surface area contributed by atoms with Gasteiger partial charge in [0.1, 0.15) is 0 Å². The summed E-state index contributed by atoms with van der Waals surface area (Å²) < 4.78 is 16.0. The number of ether oxygens (including phenoxy) is 2. The van der Waals surface area contributed by atoms with E-state index < -0.39 is 0 Å². The molecule has 0 radical (unpaired) electrons. The summed E-state index contributed by atoms with van der Waals surface area (Å²) in [6.07, 6.45) is 0. The molecule has 0 saturated carbocycles. The van der Waals surface area contributed by atoms with Crippen LogP contribution in [0.15, 0.2) is 65.2 Å². The van der Waals surface area contributed by atoms with Crippen LogP contribution in [0, 0.1) is 0 Å². The lowest BCUT2D eigenvalue weighted by Crippen LogP contribution is -1.91. The maximum absolute atomic E-state index is 5.45. The van der Waals surface area contributed by atoms with E-state index in [0.29, 0.717) is 23.2 Å². The van der Waals surface area contributed by atoms with Crippen molar-refractivity contribution < 1.29 is 14.0 Å². The lowest BCUT2D eigenvalue weighted by atomic mass is 10.1. The SMILES string of the molecule is COc1ccc(-c2noc(-c3ccc4ccccc4c3)n2)cc1OC. The summed E-state index contributed by atoms with van der Waals surface area (Å²) in [5.74, 6) is 2.27. The number of methoxy groups -OCH3 is 2. The molecule has 0 N–H and O–H groups in total. The summed E-state index contributed by atoms with van der Waals surface area (Å²) in [5.41, 5.74) is 1.69. The third kappa shape index (κ3) is 2.80. The van der Waals surface area contributed by atoms with Crippen molar-refractivity contribution in [2.75, 3.05) is 14.2 Å². The fourth-order valence-electron chi connectivity index (χ4n) is 2.76. The molecule has 0 fully saturated rings. The fraction of sp³-hybridized carbons (Fsp3) is 0.100. The molecule has 0 aliphatic carbocycles. The van der Waals surface area contributed by atoms with Crippen molar-refractivity contribution in [2.45, 2.75) is 0 Å². The average molecular weight is 332 g/mol. The van der Waals surface area contributed by atoms with Gasteiger partial charge in [0.05, 0.1) is 14.2 Å². The second-order valence-electron chi connectivity index (χ2n) is 5.55. The van der Waals surface area contributed by atoms with Crippen LogP contribution in [0.3, 0.4) is 0 Å². The molecule has 4 rings (SSSR count). The molecule has 0 atom stereocenters. The Balaban J connectivity index is 1.71. The molecular formula is C20H16N2O3. The van der Waals surface area contributed by atoms with Crippen molar-refractivity contribution in [3.63, 3.8) is 0 Å². The van der Waals surface area contributed by atoms with E-state index in [1.807, 2.05) is 48.5 Å². The van der Waals surface area contributed by atoms with E-state index in [0.717, 1.165) is 16.5 Å². The Kier molecular flexibility index (Phi) is 3.82. The first-order chi connectivity index (χ1) is 12.3. The first kappa shape index (κ1) is 15.2. The maximum Gasteiger partial charge on any atom is 0.258 e. The number of benzene rings is 3. The third-order valence-electron chi connectivity index (χ3n) is 4.06. The molecule has 0 aliphatic rings. The average Bonchev–Trinajstić information content (AvgIpc) is 3.17. The van der Waals surface area contributed by atoms with Crippen LogP contribution in [0.25, 0.3) is 33.6 Å². The second kappa shape index (κ2) is 6.28. The molecule has 3 aromatic carbocycles. The van der Waals surface area contributed by atoms with Gasteiger partial charge in [-0.2, -0.15) is 4.98 Å². The van der Waals surface area contributed by atoms with Crippen LogP contribution in [-0.4, -0.2) is 24.4 Å². The monoisotopic (exact) mass is 332 g/mol. The zero-order chi connectivity index (χ0) is 17.2. The van der Waals surface area contributed by atoms with E-state index in [9.17, 15) is 0 Å². The molecule has 0 aliphatic heterocycles. The van der Waals surface area contributed by atoms with Gasteiger partial charge in [-0.25, -0.2) is 0 Å². The van der Waals surface area contributed by atoms with Crippen molar-refractivity contribution >= 4 is 10.8 Å². The Morgan fingerprint density at radius 2 is 1.52 bits per heavy atom. The largest absolute Gasteiger partial charge is 0.493 e. The molecule has 1 aromatic heterocycles. The first-order valence-corrected chi connectivity index (χ1v) is 7.84. The smallest absolute Gasteiger partial charge is 0.258 e. The molecule has 5 nitrogen and oxygen atoms in total.